The van der Waals surface area contributed by atoms with E-state index in [0.717, 1.165) is 24.3 Å². The van der Waals surface area contributed by atoms with E-state index in [1.165, 1.54) is 6.07 Å². The summed E-state index contributed by atoms with van der Waals surface area (Å²) >= 11 is 6.61. The molecular formula is C14H19F3N2S2. The molecule has 0 saturated carbocycles. The van der Waals surface area contributed by atoms with Gasteiger partial charge in [-0.15, -0.1) is 0 Å². The largest absolute Gasteiger partial charge is 0.416 e. The van der Waals surface area contributed by atoms with Gasteiger partial charge >= 0.3 is 6.18 Å². The average molecular weight is 336 g/mol. The van der Waals surface area contributed by atoms with Crippen molar-refractivity contribution in [3.63, 3.8) is 0 Å². The van der Waals surface area contributed by atoms with E-state index in [-0.39, 0.29) is 16.6 Å². The summed E-state index contributed by atoms with van der Waals surface area (Å²) in [5.41, 5.74) is 5.78. The fourth-order valence-corrected chi connectivity index (χ4v) is 3.12. The van der Waals surface area contributed by atoms with E-state index < -0.39 is 11.7 Å². The normalized spacial score (nSPS) is 13.0. The van der Waals surface area contributed by atoms with Crippen molar-refractivity contribution >= 4 is 34.7 Å². The lowest BCUT2D eigenvalue weighted by Crippen LogP contribution is -2.34. The van der Waals surface area contributed by atoms with E-state index in [1.807, 2.05) is 25.1 Å². The summed E-state index contributed by atoms with van der Waals surface area (Å²) in [5.74, 6) is 0.880. The molecule has 0 aliphatic rings. The Morgan fingerprint density at radius 2 is 2.05 bits per heavy atom. The Morgan fingerprint density at radius 1 is 1.43 bits per heavy atom. The molecule has 0 amide bonds. The maximum atomic E-state index is 12.8. The van der Waals surface area contributed by atoms with Gasteiger partial charge in [-0.05, 0) is 30.9 Å². The molecule has 1 atom stereocenters. The summed E-state index contributed by atoms with van der Waals surface area (Å²) in [5, 5.41) is 0. The second-order valence-corrected chi connectivity index (χ2v) is 6.07. The van der Waals surface area contributed by atoms with Crippen LogP contribution in [-0.4, -0.2) is 30.1 Å². The molecule has 0 aliphatic heterocycles. The van der Waals surface area contributed by atoms with E-state index in [4.69, 9.17) is 18.0 Å². The predicted molar refractivity (Wildman–Crippen MR) is 88.2 cm³/mol. The highest BCUT2D eigenvalue weighted by Crippen LogP contribution is 2.33. The highest BCUT2D eigenvalue weighted by molar-refractivity contribution is 7.98. The van der Waals surface area contributed by atoms with E-state index in [1.54, 1.807) is 11.8 Å². The maximum Gasteiger partial charge on any atom is 0.416 e. The van der Waals surface area contributed by atoms with Crippen molar-refractivity contribution in [3.8, 4) is 0 Å². The van der Waals surface area contributed by atoms with Crippen molar-refractivity contribution in [2.24, 2.45) is 5.73 Å². The Morgan fingerprint density at radius 3 is 2.48 bits per heavy atom. The molecule has 0 aromatic heterocycles. The SMILES string of the molecule is CCC(CSC)N(C)c1ccc(C(F)(F)F)cc1C(N)=S. The standard InChI is InChI=1S/C14H19F3N2S2/c1-4-10(8-21-3)19(2)12-6-5-9(14(15,16)17)7-11(12)13(18)20/h5-7,10H,4,8H2,1-3H3,(H2,18,20). The summed E-state index contributed by atoms with van der Waals surface area (Å²) in [6, 6.07) is 3.75. The molecule has 1 unspecified atom stereocenters. The minimum atomic E-state index is -4.40. The van der Waals surface area contributed by atoms with Gasteiger partial charge < -0.3 is 10.6 Å². The third-order valence-electron chi connectivity index (χ3n) is 3.35. The first-order valence-corrected chi connectivity index (χ1v) is 8.25. The molecule has 1 aromatic carbocycles. The van der Waals surface area contributed by atoms with Crippen molar-refractivity contribution in [2.45, 2.75) is 25.6 Å². The van der Waals surface area contributed by atoms with Crippen LogP contribution in [0.1, 0.15) is 24.5 Å². The molecule has 0 radical (unpaired) electrons. The first-order chi connectivity index (χ1) is 9.72. The molecule has 0 bridgehead atoms. The van der Waals surface area contributed by atoms with E-state index in [0.29, 0.717) is 5.69 Å². The second-order valence-electron chi connectivity index (χ2n) is 4.72. The summed E-state index contributed by atoms with van der Waals surface area (Å²) in [7, 11) is 1.86. The number of thiocarbonyl (C=S) groups is 1. The number of rotatable bonds is 6. The quantitative estimate of drug-likeness (QED) is 0.798. The minimum Gasteiger partial charge on any atom is -0.389 e. The average Bonchev–Trinajstić information content (AvgIpc) is 2.42. The van der Waals surface area contributed by atoms with Crippen LogP contribution >= 0.6 is 24.0 Å². The lowest BCUT2D eigenvalue weighted by molar-refractivity contribution is -0.137. The van der Waals surface area contributed by atoms with Crippen LogP contribution in [0.25, 0.3) is 0 Å². The smallest absolute Gasteiger partial charge is 0.389 e. The third kappa shape index (κ3) is 4.51. The molecule has 2 nitrogen and oxygen atoms in total. The van der Waals surface area contributed by atoms with E-state index in [9.17, 15) is 13.2 Å². The molecule has 0 fully saturated rings. The van der Waals surface area contributed by atoms with Crippen molar-refractivity contribution in [3.05, 3.63) is 29.3 Å². The molecule has 7 heteroatoms. The molecule has 0 saturated heterocycles. The number of anilines is 1. The summed E-state index contributed by atoms with van der Waals surface area (Å²) in [4.78, 5) is 1.92. The van der Waals surface area contributed by atoms with Crippen molar-refractivity contribution in [2.75, 3.05) is 24.0 Å². The van der Waals surface area contributed by atoms with Gasteiger partial charge in [-0.3, -0.25) is 0 Å². The van der Waals surface area contributed by atoms with Gasteiger partial charge in [-0.2, -0.15) is 24.9 Å². The molecule has 2 N–H and O–H groups in total. The first-order valence-electron chi connectivity index (χ1n) is 6.45. The van der Waals surface area contributed by atoms with Gasteiger partial charge in [-0.1, -0.05) is 19.1 Å². The topological polar surface area (TPSA) is 29.3 Å². The molecule has 0 spiro atoms. The van der Waals surface area contributed by atoms with Crippen LogP contribution < -0.4 is 10.6 Å². The monoisotopic (exact) mass is 336 g/mol. The zero-order valence-corrected chi connectivity index (χ0v) is 13.8. The third-order valence-corrected chi connectivity index (χ3v) is 4.29. The van der Waals surface area contributed by atoms with Gasteiger partial charge in [0.2, 0.25) is 0 Å². The van der Waals surface area contributed by atoms with Crippen LogP contribution in [0.3, 0.4) is 0 Å². The molecule has 21 heavy (non-hydrogen) atoms. The summed E-state index contributed by atoms with van der Waals surface area (Å²) in [6.45, 7) is 2.04. The van der Waals surface area contributed by atoms with Crippen LogP contribution in [0.4, 0.5) is 18.9 Å². The maximum absolute atomic E-state index is 12.8. The van der Waals surface area contributed by atoms with Crippen LogP contribution in [0.5, 0.6) is 0 Å². The van der Waals surface area contributed by atoms with Gasteiger partial charge in [0.05, 0.1) is 5.56 Å². The van der Waals surface area contributed by atoms with Gasteiger partial charge in [0, 0.05) is 30.1 Å². The number of thioether (sulfide) groups is 1. The van der Waals surface area contributed by atoms with Crippen LogP contribution in [0.15, 0.2) is 18.2 Å². The van der Waals surface area contributed by atoms with Crippen molar-refractivity contribution in [1.29, 1.82) is 0 Å². The van der Waals surface area contributed by atoms with Crippen molar-refractivity contribution in [1.82, 2.24) is 0 Å². The molecule has 0 heterocycles. The zero-order valence-electron chi connectivity index (χ0n) is 12.2. The van der Waals surface area contributed by atoms with Gasteiger partial charge in [0.25, 0.3) is 0 Å². The molecule has 118 valence electrons. The fourth-order valence-electron chi connectivity index (χ4n) is 2.11. The molecule has 1 rings (SSSR count). The van der Waals surface area contributed by atoms with Crippen LogP contribution in [0.2, 0.25) is 0 Å². The number of alkyl halides is 3. The number of benzene rings is 1. The van der Waals surface area contributed by atoms with Gasteiger partial charge in [-0.25, -0.2) is 0 Å². The van der Waals surface area contributed by atoms with E-state index in [2.05, 4.69) is 0 Å². The minimum absolute atomic E-state index is 0.0260. The van der Waals surface area contributed by atoms with Crippen LogP contribution in [-0.2, 0) is 6.18 Å². The number of nitrogens with zero attached hydrogens (tertiary/aromatic N) is 1. The summed E-state index contributed by atoms with van der Waals surface area (Å²) < 4.78 is 38.4. The number of hydrogen-bond donors (Lipinski definition) is 1. The number of nitrogens with two attached hydrogens (primary N) is 1. The highest BCUT2D eigenvalue weighted by atomic mass is 32.2. The Kier molecular flexibility index (Phi) is 6.34. The van der Waals surface area contributed by atoms with Gasteiger partial charge in [0.1, 0.15) is 4.99 Å². The first kappa shape index (κ1) is 18.1. The van der Waals surface area contributed by atoms with E-state index >= 15 is 0 Å². The molecular weight excluding hydrogens is 317 g/mol. The highest BCUT2D eigenvalue weighted by Gasteiger charge is 2.31. The fraction of sp³-hybridized carbons (Fsp3) is 0.500. The summed E-state index contributed by atoms with van der Waals surface area (Å²) in [6.07, 6.45) is -1.52. The van der Waals surface area contributed by atoms with Crippen LogP contribution in [0, 0.1) is 0 Å². The Labute approximate surface area is 132 Å². The predicted octanol–water partition coefficient (Wildman–Crippen LogP) is 3.92. The lowest BCUT2D eigenvalue weighted by Gasteiger charge is -2.30. The Hall–Kier alpha value is -0.950. The zero-order chi connectivity index (χ0) is 16.2. The molecule has 1 aromatic rings. The lowest BCUT2D eigenvalue weighted by atomic mass is 10.1. The number of halogens is 3. The van der Waals surface area contributed by atoms with Gasteiger partial charge in [0.15, 0.2) is 0 Å². The Bertz CT molecular complexity index is 503. The number of hydrogen-bond acceptors (Lipinski definition) is 3. The second kappa shape index (κ2) is 7.35. The Balaban J connectivity index is 3.26. The van der Waals surface area contributed by atoms with Crippen molar-refractivity contribution < 1.29 is 13.2 Å². The molecule has 0 aliphatic carbocycles.